The topological polar surface area (TPSA) is 12.0 Å². The third kappa shape index (κ3) is 4.80. The van der Waals surface area contributed by atoms with Gasteiger partial charge >= 0.3 is 0 Å². The van der Waals surface area contributed by atoms with Crippen LogP contribution >= 0.6 is 11.3 Å². The summed E-state index contributed by atoms with van der Waals surface area (Å²) in [4.78, 5) is 0. The molecule has 0 bridgehead atoms. The predicted octanol–water partition coefficient (Wildman–Crippen LogP) is 3.70. The molecule has 15 heavy (non-hydrogen) atoms. The average Bonchev–Trinajstić information content (AvgIpc) is 2.70. The molecule has 2 heteroatoms. The van der Waals surface area contributed by atoms with Crippen LogP contribution in [0, 0.1) is 5.92 Å². The van der Waals surface area contributed by atoms with Gasteiger partial charge in [0, 0.05) is 6.04 Å². The van der Waals surface area contributed by atoms with Gasteiger partial charge in [-0.25, -0.2) is 0 Å². The van der Waals surface area contributed by atoms with Gasteiger partial charge in [0.15, 0.2) is 0 Å². The molecule has 1 aromatic rings. The van der Waals surface area contributed by atoms with Crippen LogP contribution in [0.5, 0.6) is 0 Å². The maximum Gasteiger partial charge on any atom is 0.0107 e. The van der Waals surface area contributed by atoms with Crippen molar-refractivity contribution in [1.29, 1.82) is 0 Å². The van der Waals surface area contributed by atoms with Gasteiger partial charge in [-0.15, -0.1) is 0 Å². The van der Waals surface area contributed by atoms with Gasteiger partial charge < -0.3 is 5.32 Å². The SMILES string of the molecule is CCCC(C)CC(Cc1ccsc1)NC. The van der Waals surface area contributed by atoms with Gasteiger partial charge in [0.1, 0.15) is 0 Å². The smallest absolute Gasteiger partial charge is 0.0107 e. The zero-order chi connectivity index (χ0) is 11.1. The van der Waals surface area contributed by atoms with Crippen molar-refractivity contribution in [3.05, 3.63) is 22.4 Å². The van der Waals surface area contributed by atoms with E-state index in [2.05, 4.69) is 43.0 Å². The Morgan fingerprint density at radius 1 is 1.47 bits per heavy atom. The summed E-state index contributed by atoms with van der Waals surface area (Å²) in [6.07, 6.45) is 5.12. The fourth-order valence-electron chi connectivity index (χ4n) is 2.09. The zero-order valence-corrected chi connectivity index (χ0v) is 10.9. The first-order chi connectivity index (χ1) is 7.26. The van der Waals surface area contributed by atoms with E-state index in [9.17, 15) is 0 Å². The van der Waals surface area contributed by atoms with Crippen molar-refractivity contribution in [3.8, 4) is 0 Å². The fraction of sp³-hybridized carbons (Fsp3) is 0.692. The van der Waals surface area contributed by atoms with Gasteiger partial charge in [0.05, 0.1) is 0 Å². The molecule has 2 unspecified atom stereocenters. The standard InChI is InChI=1S/C13H23NS/c1-4-5-11(2)8-13(14-3)9-12-6-7-15-10-12/h6-7,10-11,13-14H,4-5,8-9H2,1-3H3. The predicted molar refractivity (Wildman–Crippen MR) is 69.6 cm³/mol. The van der Waals surface area contributed by atoms with Crippen LogP contribution in [0.25, 0.3) is 0 Å². The maximum atomic E-state index is 3.43. The van der Waals surface area contributed by atoms with E-state index in [1.54, 1.807) is 11.3 Å². The lowest BCUT2D eigenvalue weighted by atomic mass is 9.94. The molecule has 1 aromatic heterocycles. The molecule has 0 radical (unpaired) electrons. The molecule has 0 amide bonds. The Labute approximate surface area is 97.9 Å². The lowest BCUT2D eigenvalue weighted by Gasteiger charge is -2.19. The molecule has 0 fully saturated rings. The van der Waals surface area contributed by atoms with Crippen molar-refractivity contribution in [1.82, 2.24) is 5.32 Å². The Morgan fingerprint density at radius 2 is 2.27 bits per heavy atom. The first kappa shape index (κ1) is 12.7. The molecule has 1 heterocycles. The van der Waals surface area contributed by atoms with Gasteiger partial charge in [0.25, 0.3) is 0 Å². The molecule has 2 atom stereocenters. The Morgan fingerprint density at radius 3 is 2.80 bits per heavy atom. The van der Waals surface area contributed by atoms with Crippen LogP contribution in [0.2, 0.25) is 0 Å². The van der Waals surface area contributed by atoms with Gasteiger partial charge in [-0.2, -0.15) is 11.3 Å². The van der Waals surface area contributed by atoms with Crippen molar-refractivity contribution < 1.29 is 0 Å². The number of thiophene rings is 1. The third-order valence-electron chi connectivity index (χ3n) is 2.94. The summed E-state index contributed by atoms with van der Waals surface area (Å²) in [6.45, 7) is 4.63. The number of rotatable bonds is 7. The average molecular weight is 225 g/mol. The Hall–Kier alpha value is -0.340. The first-order valence-electron chi connectivity index (χ1n) is 5.94. The highest BCUT2D eigenvalue weighted by Crippen LogP contribution is 2.16. The van der Waals surface area contributed by atoms with Gasteiger partial charge in [-0.05, 0) is 48.2 Å². The monoisotopic (exact) mass is 225 g/mol. The van der Waals surface area contributed by atoms with E-state index < -0.39 is 0 Å². The Balaban J connectivity index is 2.35. The zero-order valence-electron chi connectivity index (χ0n) is 10.1. The second kappa shape index (κ2) is 7.02. The summed E-state index contributed by atoms with van der Waals surface area (Å²) in [5.41, 5.74) is 1.48. The van der Waals surface area contributed by atoms with Crippen molar-refractivity contribution in [2.24, 2.45) is 5.92 Å². The summed E-state index contributed by atoms with van der Waals surface area (Å²) in [6, 6.07) is 2.88. The van der Waals surface area contributed by atoms with Crippen molar-refractivity contribution in [2.75, 3.05) is 7.05 Å². The summed E-state index contributed by atoms with van der Waals surface area (Å²) < 4.78 is 0. The molecule has 0 aliphatic rings. The van der Waals surface area contributed by atoms with Crippen LogP contribution in [-0.2, 0) is 6.42 Å². The van der Waals surface area contributed by atoms with Crippen molar-refractivity contribution >= 4 is 11.3 Å². The van der Waals surface area contributed by atoms with E-state index in [4.69, 9.17) is 0 Å². The first-order valence-corrected chi connectivity index (χ1v) is 6.88. The summed E-state index contributed by atoms with van der Waals surface area (Å²) in [5, 5.41) is 7.86. The summed E-state index contributed by atoms with van der Waals surface area (Å²) in [7, 11) is 2.08. The molecule has 1 nitrogen and oxygen atoms in total. The molecule has 0 spiro atoms. The number of hydrogen-bond donors (Lipinski definition) is 1. The largest absolute Gasteiger partial charge is 0.317 e. The number of hydrogen-bond acceptors (Lipinski definition) is 2. The minimum Gasteiger partial charge on any atom is -0.317 e. The minimum absolute atomic E-state index is 0.640. The van der Waals surface area contributed by atoms with Crippen LogP contribution in [0.3, 0.4) is 0 Å². The molecular weight excluding hydrogens is 202 g/mol. The van der Waals surface area contributed by atoms with E-state index in [0.29, 0.717) is 6.04 Å². The molecular formula is C13H23NS. The molecule has 0 saturated heterocycles. The van der Waals surface area contributed by atoms with E-state index in [-0.39, 0.29) is 0 Å². The highest BCUT2D eigenvalue weighted by Gasteiger charge is 2.11. The number of nitrogens with one attached hydrogen (secondary N) is 1. The molecule has 0 saturated carbocycles. The molecule has 1 rings (SSSR count). The molecule has 0 aliphatic carbocycles. The highest BCUT2D eigenvalue weighted by atomic mass is 32.1. The molecule has 0 aromatic carbocycles. The number of likely N-dealkylation sites (N-methyl/N-ethyl adjacent to an activating group) is 1. The normalized spacial score (nSPS) is 15.1. The van der Waals surface area contributed by atoms with E-state index >= 15 is 0 Å². The van der Waals surface area contributed by atoms with Crippen LogP contribution in [0.4, 0.5) is 0 Å². The Kier molecular flexibility index (Phi) is 5.96. The summed E-state index contributed by atoms with van der Waals surface area (Å²) >= 11 is 1.79. The van der Waals surface area contributed by atoms with Crippen LogP contribution in [0.1, 0.15) is 38.7 Å². The minimum atomic E-state index is 0.640. The fourth-order valence-corrected chi connectivity index (χ4v) is 2.77. The molecule has 1 N–H and O–H groups in total. The van der Waals surface area contributed by atoms with E-state index in [0.717, 1.165) is 5.92 Å². The van der Waals surface area contributed by atoms with Crippen LogP contribution < -0.4 is 5.32 Å². The van der Waals surface area contributed by atoms with Crippen molar-refractivity contribution in [2.45, 2.75) is 45.6 Å². The van der Waals surface area contributed by atoms with E-state index in [1.165, 1.54) is 31.2 Å². The highest BCUT2D eigenvalue weighted by molar-refractivity contribution is 7.07. The molecule has 86 valence electrons. The van der Waals surface area contributed by atoms with Gasteiger partial charge in [-0.1, -0.05) is 26.7 Å². The lowest BCUT2D eigenvalue weighted by Crippen LogP contribution is -2.29. The van der Waals surface area contributed by atoms with Crippen molar-refractivity contribution in [3.63, 3.8) is 0 Å². The second-order valence-corrected chi connectivity index (χ2v) is 5.23. The molecule has 0 aliphatic heterocycles. The van der Waals surface area contributed by atoms with Gasteiger partial charge in [0.2, 0.25) is 0 Å². The van der Waals surface area contributed by atoms with Gasteiger partial charge in [-0.3, -0.25) is 0 Å². The lowest BCUT2D eigenvalue weighted by molar-refractivity contribution is 0.397. The van der Waals surface area contributed by atoms with E-state index in [1.807, 2.05) is 0 Å². The summed E-state index contributed by atoms with van der Waals surface area (Å²) in [5.74, 6) is 0.839. The maximum absolute atomic E-state index is 3.43. The quantitative estimate of drug-likeness (QED) is 0.746. The van der Waals surface area contributed by atoms with Crippen LogP contribution in [0.15, 0.2) is 16.8 Å². The second-order valence-electron chi connectivity index (χ2n) is 4.45. The Bertz CT molecular complexity index is 243. The van der Waals surface area contributed by atoms with Crippen LogP contribution in [-0.4, -0.2) is 13.1 Å². The third-order valence-corrected chi connectivity index (χ3v) is 3.67.